The Morgan fingerprint density at radius 2 is 1.84 bits per heavy atom. The van der Waals surface area contributed by atoms with Gasteiger partial charge in [-0.25, -0.2) is 4.39 Å². The van der Waals surface area contributed by atoms with Crippen LogP contribution in [0.3, 0.4) is 0 Å². The number of nitrogens with one attached hydrogen (secondary N) is 3. The Morgan fingerprint density at radius 3 is 2.55 bits per heavy atom. The van der Waals surface area contributed by atoms with Crippen molar-refractivity contribution in [1.29, 1.82) is 0 Å². The van der Waals surface area contributed by atoms with E-state index in [2.05, 4.69) is 32.7 Å². The van der Waals surface area contributed by atoms with Gasteiger partial charge in [0.25, 0.3) is 0 Å². The highest BCUT2D eigenvalue weighted by Gasteiger charge is 2.46. The van der Waals surface area contributed by atoms with Crippen molar-refractivity contribution in [3.63, 3.8) is 0 Å². The quantitative estimate of drug-likeness (QED) is 0.596. The van der Waals surface area contributed by atoms with Crippen LogP contribution in [0, 0.1) is 11.8 Å². The second-order valence-electron chi connectivity index (χ2n) is 10.2. The van der Waals surface area contributed by atoms with Crippen LogP contribution in [0.15, 0.2) is 0 Å². The first-order chi connectivity index (χ1) is 14.9. The predicted molar refractivity (Wildman–Crippen MR) is 118 cm³/mol. The molecule has 2 heterocycles. The molecule has 0 spiro atoms. The van der Waals surface area contributed by atoms with Gasteiger partial charge in [0.15, 0.2) is 0 Å². The zero-order valence-electron chi connectivity index (χ0n) is 19.1. The molecule has 3 N–H and O–H groups in total. The number of alkyl halides is 1. The minimum Gasteiger partial charge on any atom is -0.358 e. The number of carbonyl (C=O) groups excluding carboxylic acids is 2. The lowest BCUT2D eigenvalue weighted by molar-refractivity contribution is -0.124. The number of carbonyl (C=O) groups is 2. The fraction of sp³-hybridized carbons (Fsp3) is 0.913. The average molecular weight is 438 g/mol. The fourth-order valence-electron chi connectivity index (χ4n) is 6.30. The summed E-state index contributed by atoms with van der Waals surface area (Å²) >= 11 is 0. The van der Waals surface area contributed by atoms with E-state index in [0.717, 1.165) is 51.9 Å². The van der Waals surface area contributed by atoms with Crippen molar-refractivity contribution in [3.8, 4) is 0 Å². The molecule has 31 heavy (non-hydrogen) atoms. The maximum absolute atomic E-state index is 14.4. The molecular formula is C23H40FN5O2. The van der Waals surface area contributed by atoms with E-state index in [-0.39, 0.29) is 35.9 Å². The van der Waals surface area contributed by atoms with Crippen molar-refractivity contribution in [1.82, 2.24) is 25.8 Å². The Labute approximate surface area is 185 Å². The van der Waals surface area contributed by atoms with E-state index in [4.69, 9.17) is 0 Å². The standard InChI is InChI=1S/C23H40FN5O2/c1-15-6-7-19(24)18-13-20(27-22(15)18)23(31)26-16-4-3-5-17(12-16)29-10-8-28(9-11-29)14-21(30)25-2/h15-20,22,27H,3-14H2,1-2H3,(H,25,30)(H,26,31)/t15?,16-,17?,18?,19?,20?,22?/m1/s1. The maximum Gasteiger partial charge on any atom is 0.237 e. The summed E-state index contributed by atoms with van der Waals surface area (Å²) in [4.78, 5) is 29.3. The SMILES string of the molecule is CNC(=O)CN1CCN(C2CCC[C@@H](NC(=O)C3CC4C(F)CCC(C)C4N3)C2)CC1. The number of fused-ring (bicyclic) bond motifs is 1. The lowest BCUT2D eigenvalue weighted by Crippen LogP contribution is -2.55. The molecule has 2 amide bonds. The Balaban J connectivity index is 1.24. The van der Waals surface area contributed by atoms with Crippen LogP contribution < -0.4 is 16.0 Å². The Kier molecular flexibility index (Phi) is 7.49. The Bertz CT molecular complexity index is 623. The first kappa shape index (κ1) is 22.9. The predicted octanol–water partition coefficient (Wildman–Crippen LogP) is 0.892. The lowest BCUT2D eigenvalue weighted by atomic mass is 9.77. The van der Waals surface area contributed by atoms with E-state index in [1.54, 1.807) is 7.05 Å². The van der Waals surface area contributed by atoms with Gasteiger partial charge in [-0.1, -0.05) is 6.92 Å². The van der Waals surface area contributed by atoms with Crippen LogP contribution >= 0.6 is 0 Å². The molecule has 176 valence electrons. The minimum atomic E-state index is -0.771. The number of rotatable bonds is 5. The molecule has 0 bridgehead atoms. The number of hydrogen-bond acceptors (Lipinski definition) is 5. The number of nitrogens with zero attached hydrogens (tertiary/aromatic N) is 2. The summed E-state index contributed by atoms with van der Waals surface area (Å²) in [6.45, 7) is 6.44. The van der Waals surface area contributed by atoms with E-state index in [1.165, 1.54) is 6.42 Å². The third-order valence-electron chi connectivity index (χ3n) is 8.22. The van der Waals surface area contributed by atoms with Gasteiger partial charge in [0.05, 0.1) is 12.6 Å². The third-order valence-corrected chi connectivity index (χ3v) is 8.22. The van der Waals surface area contributed by atoms with Gasteiger partial charge in [0.1, 0.15) is 6.17 Å². The maximum atomic E-state index is 14.4. The van der Waals surface area contributed by atoms with Crippen LogP contribution in [-0.2, 0) is 9.59 Å². The monoisotopic (exact) mass is 437 g/mol. The largest absolute Gasteiger partial charge is 0.358 e. The molecule has 0 radical (unpaired) electrons. The van der Waals surface area contributed by atoms with Crippen molar-refractivity contribution in [2.45, 2.75) is 82.2 Å². The van der Waals surface area contributed by atoms with Crippen molar-refractivity contribution in [3.05, 3.63) is 0 Å². The summed E-state index contributed by atoms with van der Waals surface area (Å²) < 4.78 is 14.4. The molecule has 4 aliphatic rings. The number of halogens is 1. The molecule has 0 aromatic rings. The zero-order valence-corrected chi connectivity index (χ0v) is 19.1. The molecule has 2 aliphatic heterocycles. The van der Waals surface area contributed by atoms with Gasteiger partial charge in [-0.05, 0) is 50.9 Å². The van der Waals surface area contributed by atoms with E-state index in [1.807, 2.05) is 0 Å². The molecule has 4 fully saturated rings. The number of likely N-dealkylation sites (N-methyl/N-ethyl adjacent to an activating group) is 1. The normalized spacial score (nSPS) is 39.6. The highest BCUT2D eigenvalue weighted by Crippen LogP contribution is 2.38. The van der Waals surface area contributed by atoms with Crippen LogP contribution in [0.2, 0.25) is 0 Å². The second-order valence-corrected chi connectivity index (χ2v) is 10.2. The fourth-order valence-corrected chi connectivity index (χ4v) is 6.30. The highest BCUT2D eigenvalue weighted by atomic mass is 19.1. The molecule has 2 saturated carbocycles. The molecule has 2 aliphatic carbocycles. The van der Waals surface area contributed by atoms with E-state index in [0.29, 0.717) is 31.3 Å². The number of amides is 2. The van der Waals surface area contributed by atoms with Gasteiger partial charge in [0, 0.05) is 57.3 Å². The summed E-state index contributed by atoms with van der Waals surface area (Å²) in [6, 6.07) is 0.598. The highest BCUT2D eigenvalue weighted by molar-refractivity contribution is 5.82. The summed E-state index contributed by atoms with van der Waals surface area (Å²) in [6.07, 6.45) is 5.72. The number of piperazine rings is 1. The van der Waals surface area contributed by atoms with Crippen molar-refractivity contribution in [2.24, 2.45) is 11.8 Å². The van der Waals surface area contributed by atoms with Gasteiger partial charge in [-0.2, -0.15) is 0 Å². The van der Waals surface area contributed by atoms with Crippen molar-refractivity contribution >= 4 is 11.8 Å². The first-order valence-corrected chi connectivity index (χ1v) is 12.3. The van der Waals surface area contributed by atoms with Crippen LogP contribution in [0.5, 0.6) is 0 Å². The average Bonchev–Trinajstić information content (AvgIpc) is 3.24. The zero-order chi connectivity index (χ0) is 22.0. The molecule has 0 aromatic carbocycles. The summed E-state index contributed by atoms with van der Waals surface area (Å²) in [5, 5.41) is 9.45. The molecule has 7 atom stereocenters. The van der Waals surface area contributed by atoms with Gasteiger partial charge >= 0.3 is 0 Å². The third kappa shape index (κ3) is 5.40. The topological polar surface area (TPSA) is 76.7 Å². The smallest absolute Gasteiger partial charge is 0.237 e. The molecule has 0 aromatic heterocycles. The van der Waals surface area contributed by atoms with E-state index in [9.17, 15) is 14.0 Å². The van der Waals surface area contributed by atoms with E-state index < -0.39 is 6.17 Å². The minimum absolute atomic E-state index is 0.00955. The Morgan fingerprint density at radius 1 is 1.06 bits per heavy atom. The van der Waals surface area contributed by atoms with Crippen LogP contribution in [0.1, 0.15) is 51.9 Å². The van der Waals surface area contributed by atoms with Crippen molar-refractivity contribution in [2.75, 3.05) is 39.8 Å². The molecule has 4 rings (SSSR count). The van der Waals surface area contributed by atoms with Gasteiger partial charge in [-0.3, -0.25) is 19.4 Å². The summed E-state index contributed by atoms with van der Waals surface area (Å²) in [5.74, 6) is 0.568. The van der Waals surface area contributed by atoms with Crippen LogP contribution in [-0.4, -0.2) is 91.7 Å². The van der Waals surface area contributed by atoms with Gasteiger partial charge in [-0.15, -0.1) is 0 Å². The first-order valence-electron chi connectivity index (χ1n) is 12.3. The van der Waals surface area contributed by atoms with Gasteiger partial charge in [0.2, 0.25) is 11.8 Å². The second kappa shape index (κ2) is 10.1. The summed E-state index contributed by atoms with van der Waals surface area (Å²) in [5.41, 5.74) is 0. The molecule has 8 heteroatoms. The van der Waals surface area contributed by atoms with Crippen molar-refractivity contribution < 1.29 is 14.0 Å². The summed E-state index contributed by atoms with van der Waals surface area (Å²) in [7, 11) is 1.68. The van der Waals surface area contributed by atoms with E-state index >= 15 is 0 Å². The molecule has 2 saturated heterocycles. The lowest BCUT2D eigenvalue weighted by Gasteiger charge is -2.42. The number of hydrogen-bond donors (Lipinski definition) is 3. The Hall–Kier alpha value is -1.25. The van der Waals surface area contributed by atoms with Crippen LogP contribution in [0.4, 0.5) is 4.39 Å². The molecule has 6 unspecified atom stereocenters. The molecular weight excluding hydrogens is 397 g/mol. The molecule has 7 nitrogen and oxygen atoms in total. The van der Waals surface area contributed by atoms with Gasteiger partial charge < -0.3 is 16.0 Å². The van der Waals surface area contributed by atoms with Crippen LogP contribution in [0.25, 0.3) is 0 Å².